The second-order valence-corrected chi connectivity index (χ2v) is 5.10. The van der Waals surface area contributed by atoms with E-state index in [1.165, 1.54) is 6.92 Å². The molecule has 4 nitrogen and oxygen atoms in total. The van der Waals surface area contributed by atoms with Crippen LogP contribution in [-0.2, 0) is 9.59 Å². The molecule has 4 heteroatoms. The molecule has 1 saturated heterocycles. The van der Waals surface area contributed by atoms with Crippen LogP contribution < -0.4 is 0 Å². The number of aliphatic carboxylic acids is 1. The number of rotatable bonds is 2. The van der Waals surface area contributed by atoms with Crippen LogP contribution >= 0.6 is 0 Å². The highest BCUT2D eigenvalue weighted by Crippen LogP contribution is 2.33. The van der Waals surface area contributed by atoms with Crippen molar-refractivity contribution < 1.29 is 14.7 Å². The van der Waals surface area contributed by atoms with E-state index in [0.29, 0.717) is 6.54 Å². The standard InChI is InChI=1S/C11H19NO3/c1-8(13)12-7-11(2,3)5-4-9(12)6-10(14)15/h9H,4-7H2,1-3H3,(H,14,15). The number of carbonyl (C=O) groups is 2. The van der Waals surface area contributed by atoms with Crippen LogP contribution in [0.1, 0.15) is 40.0 Å². The predicted molar refractivity (Wildman–Crippen MR) is 56.4 cm³/mol. The Kier molecular flexibility index (Phi) is 3.37. The minimum absolute atomic E-state index is 0.0194. The minimum atomic E-state index is -0.828. The van der Waals surface area contributed by atoms with Gasteiger partial charge < -0.3 is 10.0 Å². The molecule has 86 valence electrons. The lowest BCUT2D eigenvalue weighted by Gasteiger charge is -2.43. The summed E-state index contributed by atoms with van der Waals surface area (Å²) in [5.41, 5.74) is 0.112. The van der Waals surface area contributed by atoms with Gasteiger partial charge in [0, 0.05) is 19.5 Å². The molecule has 1 heterocycles. The van der Waals surface area contributed by atoms with E-state index in [9.17, 15) is 9.59 Å². The first kappa shape index (κ1) is 12.0. The molecule has 0 bridgehead atoms. The molecule has 0 aromatic rings. The van der Waals surface area contributed by atoms with E-state index in [-0.39, 0.29) is 23.8 Å². The van der Waals surface area contributed by atoms with Gasteiger partial charge in [0.2, 0.25) is 5.91 Å². The van der Waals surface area contributed by atoms with E-state index in [2.05, 4.69) is 13.8 Å². The summed E-state index contributed by atoms with van der Waals surface area (Å²) in [5, 5.41) is 8.76. The van der Waals surface area contributed by atoms with Crippen molar-refractivity contribution in [2.24, 2.45) is 5.41 Å². The average Bonchev–Trinajstić information content (AvgIpc) is 2.07. The molecule has 1 aliphatic rings. The summed E-state index contributed by atoms with van der Waals surface area (Å²) in [6, 6.07) is -0.118. The fourth-order valence-electron chi connectivity index (χ4n) is 2.16. The molecule has 1 unspecified atom stereocenters. The number of likely N-dealkylation sites (tertiary alicyclic amines) is 1. The quantitative estimate of drug-likeness (QED) is 0.756. The van der Waals surface area contributed by atoms with Crippen molar-refractivity contribution in [3.8, 4) is 0 Å². The number of amides is 1. The van der Waals surface area contributed by atoms with Crippen LogP contribution in [0.25, 0.3) is 0 Å². The normalized spacial score (nSPS) is 25.0. The van der Waals surface area contributed by atoms with Crippen molar-refractivity contribution in [1.29, 1.82) is 0 Å². The first-order valence-electron chi connectivity index (χ1n) is 5.31. The van der Waals surface area contributed by atoms with Crippen LogP contribution in [0.15, 0.2) is 0 Å². The molecule has 1 fully saturated rings. The lowest BCUT2D eigenvalue weighted by atomic mass is 9.80. The van der Waals surface area contributed by atoms with Crippen LogP contribution in [0, 0.1) is 5.41 Å². The molecule has 1 atom stereocenters. The maximum Gasteiger partial charge on any atom is 0.305 e. The van der Waals surface area contributed by atoms with Crippen LogP contribution in [0.2, 0.25) is 0 Å². The predicted octanol–water partition coefficient (Wildman–Crippen LogP) is 1.50. The molecule has 0 aromatic heterocycles. The van der Waals surface area contributed by atoms with Crippen LogP contribution in [0.3, 0.4) is 0 Å². The summed E-state index contributed by atoms with van der Waals surface area (Å²) in [5.74, 6) is -0.847. The van der Waals surface area contributed by atoms with Gasteiger partial charge in [0.1, 0.15) is 0 Å². The second-order valence-electron chi connectivity index (χ2n) is 5.10. The third kappa shape index (κ3) is 3.22. The van der Waals surface area contributed by atoms with Gasteiger partial charge in [-0.05, 0) is 18.3 Å². The summed E-state index contributed by atoms with van der Waals surface area (Å²) >= 11 is 0. The Hall–Kier alpha value is -1.06. The Morgan fingerprint density at radius 2 is 2.07 bits per heavy atom. The Balaban J connectivity index is 2.72. The number of carboxylic acids is 1. The topological polar surface area (TPSA) is 57.6 Å². The van der Waals surface area contributed by atoms with Gasteiger partial charge in [-0.3, -0.25) is 9.59 Å². The summed E-state index contributed by atoms with van der Waals surface area (Å²) in [6.07, 6.45) is 1.84. The van der Waals surface area contributed by atoms with E-state index in [4.69, 9.17) is 5.11 Å². The van der Waals surface area contributed by atoms with E-state index >= 15 is 0 Å². The van der Waals surface area contributed by atoms with Gasteiger partial charge in [-0.1, -0.05) is 13.8 Å². The zero-order valence-corrected chi connectivity index (χ0v) is 9.62. The van der Waals surface area contributed by atoms with Gasteiger partial charge in [-0.25, -0.2) is 0 Å². The van der Waals surface area contributed by atoms with Crippen molar-refractivity contribution >= 4 is 11.9 Å². The molecule has 0 aromatic carbocycles. The fraction of sp³-hybridized carbons (Fsp3) is 0.818. The number of piperidine rings is 1. The Labute approximate surface area is 90.3 Å². The maximum atomic E-state index is 11.4. The summed E-state index contributed by atoms with van der Waals surface area (Å²) in [6.45, 7) is 6.40. The average molecular weight is 213 g/mol. The van der Waals surface area contributed by atoms with Crippen LogP contribution in [0.4, 0.5) is 0 Å². The van der Waals surface area contributed by atoms with E-state index in [1.54, 1.807) is 4.90 Å². The third-order valence-corrected chi connectivity index (χ3v) is 3.01. The molecule has 0 aliphatic carbocycles. The molecule has 0 saturated carbocycles. The van der Waals surface area contributed by atoms with E-state index < -0.39 is 5.97 Å². The van der Waals surface area contributed by atoms with Gasteiger partial charge >= 0.3 is 5.97 Å². The summed E-state index contributed by atoms with van der Waals surface area (Å²) in [7, 11) is 0. The first-order chi connectivity index (χ1) is 6.82. The molecule has 0 radical (unpaired) electrons. The van der Waals surface area contributed by atoms with Gasteiger partial charge in [0.25, 0.3) is 0 Å². The fourth-order valence-corrected chi connectivity index (χ4v) is 2.16. The zero-order chi connectivity index (χ0) is 11.6. The molecule has 0 spiro atoms. The molecular formula is C11H19NO3. The highest BCUT2D eigenvalue weighted by atomic mass is 16.4. The monoisotopic (exact) mass is 213 g/mol. The van der Waals surface area contributed by atoms with Crippen LogP contribution in [-0.4, -0.2) is 34.5 Å². The van der Waals surface area contributed by atoms with E-state index in [1.807, 2.05) is 0 Å². The molecular weight excluding hydrogens is 194 g/mol. The number of nitrogens with zero attached hydrogens (tertiary/aromatic N) is 1. The molecule has 1 N–H and O–H groups in total. The largest absolute Gasteiger partial charge is 0.481 e. The molecule has 1 rings (SSSR count). The van der Waals surface area contributed by atoms with Gasteiger partial charge in [0.05, 0.1) is 6.42 Å². The number of hydrogen-bond acceptors (Lipinski definition) is 2. The summed E-state index contributed by atoms with van der Waals surface area (Å²) < 4.78 is 0. The van der Waals surface area contributed by atoms with Crippen LogP contribution in [0.5, 0.6) is 0 Å². The number of carboxylic acid groups (broad SMARTS) is 1. The molecule has 1 amide bonds. The highest BCUT2D eigenvalue weighted by Gasteiger charge is 2.35. The lowest BCUT2D eigenvalue weighted by Crippen LogP contribution is -2.49. The van der Waals surface area contributed by atoms with Crippen molar-refractivity contribution in [1.82, 2.24) is 4.90 Å². The maximum absolute atomic E-state index is 11.4. The van der Waals surface area contributed by atoms with Gasteiger partial charge in [-0.2, -0.15) is 0 Å². The zero-order valence-electron chi connectivity index (χ0n) is 9.62. The van der Waals surface area contributed by atoms with Crippen molar-refractivity contribution in [2.75, 3.05) is 6.54 Å². The van der Waals surface area contributed by atoms with Gasteiger partial charge in [0.15, 0.2) is 0 Å². The minimum Gasteiger partial charge on any atom is -0.481 e. The number of carbonyl (C=O) groups excluding carboxylic acids is 1. The van der Waals surface area contributed by atoms with Gasteiger partial charge in [-0.15, -0.1) is 0 Å². The smallest absolute Gasteiger partial charge is 0.305 e. The second kappa shape index (κ2) is 4.21. The Morgan fingerprint density at radius 3 is 2.53 bits per heavy atom. The molecule has 1 aliphatic heterocycles. The van der Waals surface area contributed by atoms with Crippen molar-refractivity contribution in [2.45, 2.75) is 46.1 Å². The first-order valence-corrected chi connectivity index (χ1v) is 5.31. The van der Waals surface area contributed by atoms with Crippen molar-refractivity contribution in [3.05, 3.63) is 0 Å². The Morgan fingerprint density at radius 1 is 1.47 bits per heavy atom. The highest BCUT2D eigenvalue weighted by molar-refractivity contribution is 5.75. The summed E-state index contributed by atoms with van der Waals surface area (Å²) in [4.78, 5) is 23.8. The number of hydrogen-bond donors (Lipinski definition) is 1. The molecule has 15 heavy (non-hydrogen) atoms. The Bertz CT molecular complexity index is 273. The SMILES string of the molecule is CC(=O)N1CC(C)(C)CCC1CC(=O)O. The third-order valence-electron chi connectivity index (χ3n) is 3.01. The van der Waals surface area contributed by atoms with Crippen molar-refractivity contribution in [3.63, 3.8) is 0 Å². The lowest BCUT2D eigenvalue weighted by molar-refractivity contribution is -0.142. The van der Waals surface area contributed by atoms with E-state index in [0.717, 1.165) is 12.8 Å².